The molecule has 1 fully saturated rings. The molecule has 1 aromatic heterocycles. The molecule has 0 amide bonds. The van der Waals surface area contributed by atoms with E-state index < -0.39 is 5.97 Å². The molecule has 4 heteroatoms. The summed E-state index contributed by atoms with van der Waals surface area (Å²) in [4.78, 5) is 15.0. The molecule has 0 saturated heterocycles. The summed E-state index contributed by atoms with van der Waals surface area (Å²) >= 11 is 0. The van der Waals surface area contributed by atoms with Crippen molar-refractivity contribution >= 4 is 17.0 Å². The normalized spacial score (nSPS) is 24.2. The van der Waals surface area contributed by atoms with Crippen molar-refractivity contribution in [3.8, 4) is 0 Å². The number of carboxylic acid groups (broad SMARTS) is 1. The summed E-state index contributed by atoms with van der Waals surface area (Å²) in [5.41, 5.74) is 2.07. The number of fused-ring (bicyclic) bond motifs is 1. The van der Waals surface area contributed by atoms with Crippen molar-refractivity contribution in [2.75, 3.05) is 0 Å². The summed E-state index contributed by atoms with van der Waals surface area (Å²) < 4.78 is 2.09. The Kier molecular flexibility index (Phi) is 1.96. The molecular formula is C12H12N2O2. The van der Waals surface area contributed by atoms with Gasteiger partial charge < -0.3 is 9.67 Å². The van der Waals surface area contributed by atoms with E-state index in [1.165, 1.54) is 0 Å². The maximum atomic E-state index is 10.7. The molecule has 0 atom stereocenters. The molecule has 1 saturated carbocycles. The van der Waals surface area contributed by atoms with Gasteiger partial charge in [-0.05, 0) is 25.0 Å². The van der Waals surface area contributed by atoms with E-state index in [1.807, 2.05) is 30.6 Å². The van der Waals surface area contributed by atoms with Gasteiger partial charge in [0.05, 0.1) is 23.3 Å². The van der Waals surface area contributed by atoms with Crippen LogP contribution in [-0.2, 0) is 4.79 Å². The fourth-order valence-electron chi connectivity index (χ4n) is 2.29. The third-order valence-electron chi connectivity index (χ3n) is 3.34. The summed E-state index contributed by atoms with van der Waals surface area (Å²) in [6.45, 7) is 0. The smallest absolute Gasteiger partial charge is 0.306 e. The Hall–Kier alpha value is -1.84. The molecule has 0 radical (unpaired) electrons. The maximum absolute atomic E-state index is 10.7. The van der Waals surface area contributed by atoms with Gasteiger partial charge in [0.15, 0.2) is 0 Å². The monoisotopic (exact) mass is 216 g/mol. The zero-order valence-corrected chi connectivity index (χ0v) is 8.71. The molecule has 1 aromatic carbocycles. The second kappa shape index (κ2) is 3.33. The van der Waals surface area contributed by atoms with Crippen LogP contribution in [0, 0.1) is 5.92 Å². The fourth-order valence-corrected chi connectivity index (χ4v) is 2.29. The summed E-state index contributed by atoms with van der Waals surface area (Å²) in [5, 5.41) is 8.84. The number of carbonyl (C=O) groups is 1. The van der Waals surface area contributed by atoms with Gasteiger partial charge in [-0.1, -0.05) is 12.1 Å². The first-order chi connectivity index (χ1) is 7.75. The molecule has 1 N–H and O–H groups in total. The second-order valence-electron chi connectivity index (χ2n) is 4.30. The molecule has 3 rings (SSSR count). The zero-order valence-electron chi connectivity index (χ0n) is 8.71. The lowest BCUT2D eigenvalue weighted by Crippen LogP contribution is -2.31. The zero-order chi connectivity index (χ0) is 11.1. The number of imidazole rings is 1. The topological polar surface area (TPSA) is 55.1 Å². The van der Waals surface area contributed by atoms with E-state index in [0.717, 1.165) is 23.9 Å². The van der Waals surface area contributed by atoms with Crippen molar-refractivity contribution in [2.45, 2.75) is 18.9 Å². The van der Waals surface area contributed by atoms with Gasteiger partial charge in [-0.25, -0.2) is 4.98 Å². The SMILES string of the molecule is O=C(O)[C@H]1C[C@@H](n2cnc3ccccc32)C1. The lowest BCUT2D eigenvalue weighted by Gasteiger charge is -2.33. The van der Waals surface area contributed by atoms with Crippen LogP contribution in [0.3, 0.4) is 0 Å². The van der Waals surface area contributed by atoms with E-state index in [2.05, 4.69) is 9.55 Å². The van der Waals surface area contributed by atoms with Crippen molar-refractivity contribution in [2.24, 2.45) is 5.92 Å². The molecule has 1 aliphatic carbocycles. The van der Waals surface area contributed by atoms with Crippen LogP contribution < -0.4 is 0 Å². The van der Waals surface area contributed by atoms with Gasteiger partial charge in [-0.2, -0.15) is 0 Å². The highest BCUT2D eigenvalue weighted by molar-refractivity contribution is 5.76. The molecule has 1 heterocycles. The van der Waals surface area contributed by atoms with E-state index in [-0.39, 0.29) is 5.92 Å². The number of aliphatic carboxylic acids is 1. The Labute approximate surface area is 92.5 Å². The van der Waals surface area contributed by atoms with Crippen molar-refractivity contribution < 1.29 is 9.90 Å². The Bertz CT molecular complexity index is 541. The van der Waals surface area contributed by atoms with Crippen LogP contribution in [0.1, 0.15) is 18.9 Å². The van der Waals surface area contributed by atoms with Crippen LogP contribution in [0.2, 0.25) is 0 Å². The van der Waals surface area contributed by atoms with E-state index in [1.54, 1.807) is 0 Å². The first-order valence-electron chi connectivity index (χ1n) is 5.40. The molecule has 0 aliphatic heterocycles. The van der Waals surface area contributed by atoms with Gasteiger partial charge in [0.1, 0.15) is 0 Å². The van der Waals surface area contributed by atoms with E-state index in [0.29, 0.717) is 6.04 Å². The number of aromatic nitrogens is 2. The van der Waals surface area contributed by atoms with Crippen molar-refractivity contribution in [3.63, 3.8) is 0 Å². The van der Waals surface area contributed by atoms with E-state index in [4.69, 9.17) is 5.11 Å². The Morgan fingerprint density at radius 2 is 2.12 bits per heavy atom. The van der Waals surface area contributed by atoms with Crippen molar-refractivity contribution in [3.05, 3.63) is 30.6 Å². The highest BCUT2D eigenvalue weighted by Gasteiger charge is 2.35. The number of carboxylic acids is 1. The lowest BCUT2D eigenvalue weighted by atomic mass is 9.80. The second-order valence-corrected chi connectivity index (χ2v) is 4.30. The van der Waals surface area contributed by atoms with Gasteiger partial charge in [0, 0.05) is 6.04 Å². The minimum Gasteiger partial charge on any atom is -0.481 e. The average molecular weight is 216 g/mol. The number of nitrogens with zero attached hydrogens (tertiary/aromatic N) is 2. The standard InChI is InChI=1S/C12H12N2O2/c15-12(16)8-5-9(6-8)14-7-13-10-3-1-2-4-11(10)14/h1-4,7-9H,5-6H2,(H,15,16)/t8-,9+. The minimum absolute atomic E-state index is 0.175. The van der Waals surface area contributed by atoms with Crippen LogP contribution in [0.5, 0.6) is 0 Å². The summed E-state index contributed by atoms with van der Waals surface area (Å²) in [5.74, 6) is -0.855. The molecular weight excluding hydrogens is 204 g/mol. The summed E-state index contributed by atoms with van der Waals surface area (Å²) in [7, 11) is 0. The first-order valence-corrected chi connectivity index (χ1v) is 5.40. The van der Waals surface area contributed by atoms with Gasteiger partial charge in [0.25, 0.3) is 0 Å². The fraction of sp³-hybridized carbons (Fsp3) is 0.333. The lowest BCUT2D eigenvalue weighted by molar-refractivity contribution is -0.145. The number of rotatable bonds is 2. The number of para-hydroxylation sites is 2. The van der Waals surface area contributed by atoms with Gasteiger partial charge >= 0.3 is 5.97 Å². The summed E-state index contributed by atoms with van der Waals surface area (Å²) in [6, 6.07) is 8.23. The molecule has 1 aliphatic rings. The Balaban J connectivity index is 1.89. The molecule has 4 nitrogen and oxygen atoms in total. The predicted molar refractivity (Wildman–Crippen MR) is 59.1 cm³/mol. The third kappa shape index (κ3) is 1.30. The number of hydrogen-bond acceptors (Lipinski definition) is 2. The van der Waals surface area contributed by atoms with Gasteiger partial charge in [-0.15, -0.1) is 0 Å². The maximum Gasteiger partial charge on any atom is 0.306 e. The average Bonchev–Trinajstić information content (AvgIpc) is 2.60. The van der Waals surface area contributed by atoms with Crippen LogP contribution >= 0.6 is 0 Å². The van der Waals surface area contributed by atoms with E-state index in [9.17, 15) is 4.79 Å². The van der Waals surface area contributed by atoms with Gasteiger partial charge in [0.2, 0.25) is 0 Å². The quantitative estimate of drug-likeness (QED) is 0.836. The number of benzene rings is 1. The molecule has 0 unspecified atom stereocenters. The molecule has 16 heavy (non-hydrogen) atoms. The summed E-state index contributed by atoms with van der Waals surface area (Å²) in [6.07, 6.45) is 3.25. The molecule has 0 bridgehead atoms. The first kappa shape index (κ1) is 9.39. The van der Waals surface area contributed by atoms with Crippen molar-refractivity contribution in [1.29, 1.82) is 0 Å². The largest absolute Gasteiger partial charge is 0.481 e. The van der Waals surface area contributed by atoms with Crippen LogP contribution in [0.4, 0.5) is 0 Å². The van der Waals surface area contributed by atoms with Crippen LogP contribution in [0.15, 0.2) is 30.6 Å². The molecule has 2 aromatic rings. The predicted octanol–water partition coefficient (Wildman–Crippen LogP) is 2.07. The minimum atomic E-state index is -0.680. The van der Waals surface area contributed by atoms with E-state index >= 15 is 0 Å². The molecule has 82 valence electrons. The van der Waals surface area contributed by atoms with Gasteiger partial charge in [-0.3, -0.25) is 4.79 Å². The van der Waals surface area contributed by atoms with Crippen LogP contribution in [0.25, 0.3) is 11.0 Å². The Morgan fingerprint density at radius 1 is 1.38 bits per heavy atom. The third-order valence-corrected chi connectivity index (χ3v) is 3.34. The number of hydrogen-bond donors (Lipinski definition) is 1. The Morgan fingerprint density at radius 3 is 2.88 bits per heavy atom. The van der Waals surface area contributed by atoms with Crippen LogP contribution in [-0.4, -0.2) is 20.6 Å². The van der Waals surface area contributed by atoms with Crippen molar-refractivity contribution in [1.82, 2.24) is 9.55 Å². The highest BCUT2D eigenvalue weighted by atomic mass is 16.4. The highest BCUT2D eigenvalue weighted by Crippen LogP contribution is 2.39. The molecule has 0 spiro atoms.